The molecule has 0 saturated heterocycles. The third kappa shape index (κ3) is 1.91. The van der Waals surface area contributed by atoms with Gasteiger partial charge in [-0.15, -0.1) is 0 Å². The zero-order valence-corrected chi connectivity index (χ0v) is 11.5. The highest BCUT2D eigenvalue weighted by Gasteiger charge is 2.12. The molecule has 20 heavy (non-hydrogen) atoms. The van der Waals surface area contributed by atoms with E-state index in [1.54, 1.807) is 6.33 Å². The predicted molar refractivity (Wildman–Crippen MR) is 76.9 cm³/mol. The van der Waals surface area contributed by atoms with Gasteiger partial charge in [0.2, 0.25) is 5.28 Å². The molecule has 3 aromatic heterocycles. The van der Waals surface area contributed by atoms with Crippen molar-refractivity contribution in [3.05, 3.63) is 35.9 Å². The van der Waals surface area contributed by atoms with Crippen molar-refractivity contribution in [1.82, 2.24) is 29.9 Å². The number of para-hydroxylation sites is 2. The summed E-state index contributed by atoms with van der Waals surface area (Å²) >= 11 is 7.29. The molecule has 0 fully saturated rings. The van der Waals surface area contributed by atoms with E-state index in [1.165, 1.54) is 11.8 Å². The van der Waals surface area contributed by atoms with Crippen LogP contribution in [0.4, 0.5) is 0 Å². The lowest BCUT2D eigenvalue weighted by atomic mass is 10.3. The normalized spacial score (nSPS) is 11.4. The van der Waals surface area contributed by atoms with Crippen molar-refractivity contribution in [2.45, 2.75) is 10.2 Å². The fourth-order valence-corrected chi connectivity index (χ4v) is 3.01. The minimum atomic E-state index is 0.170. The fraction of sp³-hybridized carbons (Fsp3) is 0. The molecule has 4 rings (SSSR count). The third-order valence-corrected chi connectivity index (χ3v) is 3.83. The predicted octanol–water partition coefficient (Wildman–Crippen LogP) is 3.03. The standard InChI is InChI=1S/C12H7ClN6S/c13-11-18-9-8(14-5-15-9)10(19-11)20-12-16-6-3-1-2-4-7(6)17-12/h1-5H,(H,16,17)(H,14,15,18,19). The van der Waals surface area contributed by atoms with Crippen LogP contribution in [0.25, 0.3) is 22.2 Å². The van der Waals surface area contributed by atoms with E-state index in [4.69, 9.17) is 11.6 Å². The van der Waals surface area contributed by atoms with Crippen molar-refractivity contribution >= 4 is 45.6 Å². The van der Waals surface area contributed by atoms with Gasteiger partial charge in [-0.25, -0.2) is 15.0 Å². The average Bonchev–Trinajstić information content (AvgIpc) is 3.03. The molecule has 2 N–H and O–H groups in total. The van der Waals surface area contributed by atoms with Crippen LogP contribution in [0.1, 0.15) is 0 Å². The number of nitrogens with zero attached hydrogens (tertiary/aromatic N) is 4. The van der Waals surface area contributed by atoms with Crippen LogP contribution in [0.5, 0.6) is 0 Å². The number of aromatic nitrogens is 6. The molecule has 3 heterocycles. The van der Waals surface area contributed by atoms with Gasteiger partial charge in [-0.3, -0.25) is 0 Å². The Labute approximate surface area is 122 Å². The van der Waals surface area contributed by atoms with E-state index in [-0.39, 0.29) is 5.28 Å². The Kier molecular flexibility index (Phi) is 2.61. The first kappa shape index (κ1) is 11.7. The SMILES string of the molecule is Clc1nc(Sc2nc3ccccc3[nH]2)c2[nH]cnc2n1. The van der Waals surface area contributed by atoms with Crippen LogP contribution in [-0.2, 0) is 0 Å². The lowest BCUT2D eigenvalue weighted by Gasteiger charge is -1.99. The molecule has 0 spiro atoms. The maximum Gasteiger partial charge on any atom is 0.225 e. The molecule has 4 aromatic rings. The highest BCUT2D eigenvalue weighted by molar-refractivity contribution is 7.99. The summed E-state index contributed by atoms with van der Waals surface area (Å²) in [5.74, 6) is 0. The summed E-state index contributed by atoms with van der Waals surface area (Å²) in [6.07, 6.45) is 1.57. The first-order valence-electron chi connectivity index (χ1n) is 5.79. The highest BCUT2D eigenvalue weighted by Crippen LogP contribution is 2.30. The molecule has 1 aromatic carbocycles. The van der Waals surface area contributed by atoms with Crippen LogP contribution in [0.3, 0.4) is 0 Å². The third-order valence-electron chi connectivity index (χ3n) is 2.79. The maximum absolute atomic E-state index is 5.91. The summed E-state index contributed by atoms with van der Waals surface area (Å²) in [5, 5.41) is 1.61. The van der Waals surface area contributed by atoms with E-state index in [0.29, 0.717) is 10.7 Å². The van der Waals surface area contributed by atoms with Crippen molar-refractivity contribution in [1.29, 1.82) is 0 Å². The Morgan fingerprint density at radius 1 is 1.10 bits per heavy atom. The van der Waals surface area contributed by atoms with Crippen molar-refractivity contribution in [3.63, 3.8) is 0 Å². The van der Waals surface area contributed by atoms with Crippen LogP contribution in [0.2, 0.25) is 5.28 Å². The Morgan fingerprint density at radius 3 is 2.90 bits per heavy atom. The van der Waals surface area contributed by atoms with E-state index in [9.17, 15) is 0 Å². The van der Waals surface area contributed by atoms with Gasteiger partial charge in [-0.05, 0) is 35.5 Å². The molecule has 0 unspecified atom stereocenters. The van der Waals surface area contributed by atoms with E-state index < -0.39 is 0 Å². The average molecular weight is 303 g/mol. The number of H-pyrrole nitrogens is 2. The minimum Gasteiger partial charge on any atom is -0.341 e. The summed E-state index contributed by atoms with van der Waals surface area (Å²) in [7, 11) is 0. The second kappa shape index (κ2) is 4.46. The molecule has 8 heteroatoms. The van der Waals surface area contributed by atoms with Gasteiger partial charge in [0.1, 0.15) is 10.5 Å². The van der Waals surface area contributed by atoms with Gasteiger partial charge in [0.25, 0.3) is 0 Å². The monoisotopic (exact) mass is 302 g/mol. The Bertz CT molecular complexity index is 882. The van der Waals surface area contributed by atoms with Crippen LogP contribution in [0.15, 0.2) is 40.8 Å². The molecule has 0 aliphatic heterocycles. The van der Waals surface area contributed by atoms with Gasteiger partial charge in [0, 0.05) is 0 Å². The molecule has 0 saturated carbocycles. The molecule has 98 valence electrons. The Morgan fingerprint density at radius 2 is 2.00 bits per heavy atom. The molecule has 0 aliphatic rings. The second-order valence-corrected chi connectivity index (χ2v) is 5.38. The number of hydrogen-bond donors (Lipinski definition) is 2. The number of benzene rings is 1. The quantitative estimate of drug-likeness (QED) is 0.439. The van der Waals surface area contributed by atoms with Crippen molar-refractivity contribution in [3.8, 4) is 0 Å². The van der Waals surface area contributed by atoms with Crippen molar-refractivity contribution < 1.29 is 0 Å². The number of rotatable bonds is 2. The van der Waals surface area contributed by atoms with Crippen LogP contribution in [0, 0.1) is 0 Å². The van der Waals surface area contributed by atoms with Crippen LogP contribution >= 0.6 is 23.4 Å². The summed E-state index contributed by atoms with van der Waals surface area (Å²) in [6, 6.07) is 7.84. The zero-order valence-electron chi connectivity index (χ0n) is 9.96. The van der Waals surface area contributed by atoms with Crippen LogP contribution < -0.4 is 0 Å². The molecule has 0 amide bonds. The van der Waals surface area contributed by atoms with Gasteiger partial charge in [0.05, 0.1) is 17.4 Å². The Balaban J connectivity index is 1.81. The number of imidazole rings is 2. The number of aromatic amines is 2. The largest absolute Gasteiger partial charge is 0.341 e. The van der Waals surface area contributed by atoms with Gasteiger partial charge in [-0.1, -0.05) is 12.1 Å². The Hall–Kier alpha value is -2.12. The summed E-state index contributed by atoms with van der Waals surface area (Å²) in [4.78, 5) is 23.1. The fourth-order valence-electron chi connectivity index (χ4n) is 1.92. The van der Waals surface area contributed by atoms with Crippen LogP contribution in [-0.4, -0.2) is 29.9 Å². The minimum absolute atomic E-state index is 0.170. The zero-order chi connectivity index (χ0) is 13.5. The molecule has 0 aliphatic carbocycles. The highest BCUT2D eigenvalue weighted by atomic mass is 35.5. The molecule has 0 atom stereocenters. The molecule has 0 bridgehead atoms. The first-order chi connectivity index (χ1) is 9.79. The van der Waals surface area contributed by atoms with Crippen molar-refractivity contribution in [2.75, 3.05) is 0 Å². The smallest absolute Gasteiger partial charge is 0.225 e. The van der Waals surface area contributed by atoms with Gasteiger partial charge >= 0.3 is 0 Å². The molecule has 6 nitrogen and oxygen atoms in total. The number of hydrogen-bond acceptors (Lipinski definition) is 5. The van der Waals surface area contributed by atoms with Gasteiger partial charge < -0.3 is 9.97 Å². The number of fused-ring (bicyclic) bond motifs is 2. The maximum atomic E-state index is 5.91. The molecular formula is C12H7ClN6S. The van der Waals surface area contributed by atoms with Gasteiger partial charge in [0.15, 0.2) is 10.8 Å². The van der Waals surface area contributed by atoms with Gasteiger partial charge in [-0.2, -0.15) is 4.98 Å². The second-order valence-electron chi connectivity index (χ2n) is 4.06. The van der Waals surface area contributed by atoms with E-state index >= 15 is 0 Å². The van der Waals surface area contributed by atoms with E-state index in [2.05, 4.69) is 29.9 Å². The number of nitrogens with one attached hydrogen (secondary N) is 2. The molecule has 0 radical (unpaired) electrons. The summed E-state index contributed by atoms with van der Waals surface area (Å²) < 4.78 is 0. The van der Waals surface area contributed by atoms with E-state index in [1.807, 2.05) is 24.3 Å². The molecular weight excluding hydrogens is 296 g/mol. The topological polar surface area (TPSA) is 83.1 Å². The number of halogens is 1. The summed E-state index contributed by atoms with van der Waals surface area (Å²) in [6.45, 7) is 0. The summed E-state index contributed by atoms with van der Waals surface area (Å²) in [5.41, 5.74) is 3.19. The van der Waals surface area contributed by atoms with E-state index in [0.717, 1.165) is 21.7 Å². The lowest BCUT2D eigenvalue weighted by Crippen LogP contribution is -1.89. The first-order valence-corrected chi connectivity index (χ1v) is 6.98. The van der Waals surface area contributed by atoms with Crippen molar-refractivity contribution in [2.24, 2.45) is 0 Å². The lowest BCUT2D eigenvalue weighted by molar-refractivity contribution is 1.05.